The second-order valence-corrected chi connectivity index (χ2v) is 8.74. The van der Waals surface area contributed by atoms with Gasteiger partial charge in [-0.1, -0.05) is 30.6 Å². The van der Waals surface area contributed by atoms with Crippen molar-refractivity contribution in [2.45, 2.75) is 32.1 Å². The number of anilines is 3. The molecule has 168 valence electrons. The molecule has 3 N–H and O–H groups in total. The zero-order chi connectivity index (χ0) is 22.5. The summed E-state index contributed by atoms with van der Waals surface area (Å²) < 4.78 is 11.4. The van der Waals surface area contributed by atoms with Gasteiger partial charge in [-0.3, -0.25) is 4.79 Å². The molecule has 1 aromatic heterocycles. The summed E-state index contributed by atoms with van der Waals surface area (Å²) in [5.41, 5.74) is 1.86. The highest BCUT2D eigenvalue weighted by atomic mass is 32.1. The van der Waals surface area contributed by atoms with Gasteiger partial charge in [0.1, 0.15) is 11.5 Å². The summed E-state index contributed by atoms with van der Waals surface area (Å²) in [6.07, 6.45) is 5.31. The highest BCUT2D eigenvalue weighted by Gasteiger charge is 2.22. The van der Waals surface area contributed by atoms with Gasteiger partial charge < -0.3 is 25.4 Å². The predicted molar refractivity (Wildman–Crippen MR) is 127 cm³/mol. The van der Waals surface area contributed by atoms with E-state index < -0.39 is 6.03 Å². The average molecular weight is 455 g/mol. The van der Waals surface area contributed by atoms with E-state index in [2.05, 4.69) is 20.9 Å². The van der Waals surface area contributed by atoms with E-state index in [1.165, 1.54) is 17.8 Å². The molecule has 8 nitrogen and oxygen atoms in total. The Morgan fingerprint density at radius 2 is 1.59 bits per heavy atom. The van der Waals surface area contributed by atoms with Crippen LogP contribution in [-0.4, -0.2) is 31.1 Å². The van der Waals surface area contributed by atoms with Crippen molar-refractivity contribution < 1.29 is 19.1 Å². The lowest BCUT2D eigenvalue weighted by Gasteiger charge is -2.19. The van der Waals surface area contributed by atoms with Crippen LogP contribution in [0.2, 0.25) is 0 Å². The third-order valence-corrected chi connectivity index (χ3v) is 6.41. The Bertz CT molecular complexity index is 1100. The molecule has 1 aliphatic carbocycles. The number of carbonyl (C=O) groups is 2. The SMILES string of the molecule is COc1cc(NC(=O)Nc2ccc3sc(NC(=O)C4CCCCC4)nc3c2)cc(OC)c1. The molecule has 1 saturated carbocycles. The lowest BCUT2D eigenvalue weighted by molar-refractivity contribution is -0.120. The standard InChI is InChI=1S/C23H26N4O4S/c1-30-17-10-16(11-18(13-17)31-2)25-22(29)24-15-8-9-20-19(12-15)26-23(32-20)27-21(28)14-6-4-3-5-7-14/h8-14H,3-7H2,1-2H3,(H2,24,25,29)(H,26,27,28). The summed E-state index contributed by atoms with van der Waals surface area (Å²) in [5, 5.41) is 9.12. The van der Waals surface area contributed by atoms with Crippen molar-refractivity contribution in [2.75, 3.05) is 30.2 Å². The molecule has 9 heteroatoms. The molecule has 1 aliphatic rings. The molecule has 32 heavy (non-hydrogen) atoms. The van der Waals surface area contributed by atoms with Gasteiger partial charge in [0.25, 0.3) is 0 Å². The number of thiazole rings is 1. The van der Waals surface area contributed by atoms with Crippen LogP contribution >= 0.6 is 11.3 Å². The number of ether oxygens (including phenoxy) is 2. The van der Waals surface area contributed by atoms with Crippen LogP contribution in [0.5, 0.6) is 11.5 Å². The van der Waals surface area contributed by atoms with Crippen LogP contribution in [0, 0.1) is 5.92 Å². The van der Waals surface area contributed by atoms with Crippen molar-refractivity contribution in [3.63, 3.8) is 0 Å². The van der Waals surface area contributed by atoms with Gasteiger partial charge in [0.05, 0.1) is 24.4 Å². The fourth-order valence-electron chi connectivity index (χ4n) is 3.80. The molecular weight excluding hydrogens is 428 g/mol. The van der Waals surface area contributed by atoms with E-state index in [0.717, 1.165) is 35.9 Å². The van der Waals surface area contributed by atoms with Crippen LogP contribution in [0.3, 0.4) is 0 Å². The summed E-state index contributed by atoms with van der Waals surface area (Å²) in [6.45, 7) is 0. The first-order valence-electron chi connectivity index (χ1n) is 10.6. The minimum absolute atomic E-state index is 0.0511. The smallest absolute Gasteiger partial charge is 0.323 e. The van der Waals surface area contributed by atoms with Gasteiger partial charge in [-0.25, -0.2) is 9.78 Å². The van der Waals surface area contributed by atoms with Crippen LogP contribution in [0.4, 0.5) is 21.3 Å². The van der Waals surface area contributed by atoms with E-state index in [0.29, 0.717) is 28.0 Å². The van der Waals surface area contributed by atoms with Crippen molar-refractivity contribution in [1.29, 1.82) is 0 Å². The number of urea groups is 1. The molecule has 2 aromatic carbocycles. The first-order chi connectivity index (χ1) is 15.5. The minimum Gasteiger partial charge on any atom is -0.497 e. The van der Waals surface area contributed by atoms with Gasteiger partial charge in [0.15, 0.2) is 5.13 Å². The summed E-state index contributed by atoms with van der Waals surface area (Å²) in [5.74, 6) is 1.28. The van der Waals surface area contributed by atoms with Gasteiger partial charge in [-0.2, -0.15) is 0 Å². The molecule has 1 heterocycles. The lowest BCUT2D eigenvalue weighted by Crippen LogP contribution is -2.24. The number of nitrogens with zero attached hydrogens (tertiary/aromatic N) is 1. The molecular formula is C23H26N4O4S. The number of amides is 3. The fourth-order valence-corrected chi connectivity index (χ4v) is 4.65. The van der Waals surface area contributed by atoms with Gasteiger partial charge in [-0.05, 0) is 31.0 Å². The first kappa shape index (κ1) is 21.9. The van der Waals surface area contributed by atoms with Crippen LogP contribution in [0.15, 0.2) is 36.4 Å². The maximum absolute atomic E-state index is 12.5. The lowest BCUT2D eigenvalue weighted by atomic mass is 9.89. The second-order valence-electron chi connectivity index (χ2n) is 7.71. The van der Waals surface area contributed by atoms with Crippen LogP contribution in [0.25, 0.3) is 10.2 Å². The monoisotopic (exact) mass is 454 g/mol. The van der Waals surface area contributed by atoms with Crippen molar-refractivity contribution >= 4 is 50.0 Å². The first-order valence-corrected chi connectivity index (χ1v) is 11.4. The van der Waals surface area contributed by atoms with E-state index >= 15 is 0 Å². The molecule has 0 atom stereocenters. The van der Waals surface area contributed by atoms with E-state index in [4.69, 9.17) is 9.47 Å². The van der Waals surface area contributed by atoms with Crippen molar-refractivity contribution in [3.8, 4) is 11.5 Å². The maximum Gasteiger partial charge on any atom is 0.323 e. The third-order valence-electron chi connectivity index (χ3n) is 5.46. The van der Waals surface area contributed by atoms with E-state index in [1.54, 1.807) is 44.6 Å². The van der Waals surface area contributed by atoms with Crippen LogP contribution in [-0.2, 0) is 4.79 Å². The molecule has 4 rings (SSSR count). The number of rotatable bonds is 6. The number of aromatic nitrogens is 1. The summed E-state index contributed by atoms with van der Waals surface area (Å²) in [6, 6.07) is 10.2. The molecule has 0 radical (unpaired) electrons. The second kappa shape index (κ2) is 9.86. The third kappa shape index (κ3) is 5.28. The van der Waals surface area contributed by atoms with Crippen LogP contribution < -0.4 is 25.4 Å². The number of hydrogen-bond acceptors (Lipinski definition) is 6. The van der Waals surface area contributed by atoms with Gasteiger partial charge in [0.2, 0.25) is 5.91 Å². The highest BCUT2D eigenvalue weighted by molar-refractivity contribution is 7.22. The number of benzene rings is 2. The Morgan fingerprint density at radius 1 is 0.906 bits per heavy atom. The number of hydrogen-bond donors (Lipinski definition) is 3. The fraction of sp³-hybridized carbons (Fsp3) is 0.348. The Balaban J connectivity index is 1.41. The zero-order valence-electron chi connectivity index (χ0n) is 18.1. The van der Waals surface area contributed by atoms with E-state index in [1.807, 2.05) is 6.07 Å². The summed E-state index contributed by atoms with van der Waals surface area (Å²) in [7, 11) is 3.10. The average Bonchev–Trinajstić information content (AvgIpc) is 3.20. The summed E-state index contributed by atoms with van der Waals surface area (Å²) >= 11 is 1.43. The van der Waals surface area contributed by atoms with Crippen molar-refractivity contribution in [3.05, 3.63) is 36.4 Å². The Kier molecular flexibility index (Phi) is 6.75. The number of methoxy groups -OCH3 is 2. The summed E-state index contributed by atoms with van der Waals surface area (Å²) in [4.78, 5) is 29.5. The molecule has 0 unspecified atom stereocenters. The zero-order valence-corrected chi connectivity index (χ0v) is 18.9. The van der Waals surface area contributed by atoms with Crippen molar-refractivity contribution in [1.82, 2.24) is 4.98 Å². The highest BCUT2D eigenvalue weighted by Crippen LogP contribution is 2.31. The minimum atomic E-state index is -0.402. The molecule has 3 aromatic rings. The normalized spacial score (nSPS) is 14.1. The molecule has 0 aliphatic heterocycles. The van der Waals surface area contributed by atoms with Gasteiger partial charge >= 0.3 is 6.03 Å². The molecule has 0 bridgehead atoms. The molecule has 3 amide bonds. The molecule has 0 spiro atoms. The number of carbonyl (C=O) groups excluding carboxylic acids is 2. The Morgan fingerprint density at radius 3 is 2.28 bits per heavy atom. The Labute approximate surface area is 190 Å². The Hall–Kier alpha value is -3.33. The van der Waals surface area contributed by atoms with Crippen molar-refractivity contribution in [2.24, 2.45) is 5.92 Å². The van der Waals surface area contributed by atoms with Crippen LogP contribution in [0.1, 0.15) is 32.1 Å². The van der Waals surface area contributed by atoms with E-state index in [9.17, 15) is 9.59 Å². The van der Waals surface area contributed by atoms with E-state index in [-0.39, 0.29) is 11.8 Å². The largest absolute Gasteiger partial charge is 0.497 e. The molecule has 1 fully saturated rings. The predicted octanol–water partition coefficient (Wildman–Crippen LogP) is 5.48. The maximum atomic E-state index is 12.5. The quantitative estimate of drug-likeness (QED) is 0.458. The topological polar surface area (TPSA) is 102 Å². The van der Waals surface area contributed by atoms with Gasteiger partial charge in [-0.15, -0.1) is 0 Å². The number of fused-ring (bicyclic) bond motifs is 1. The molecule has 0 saturated heterocycles. The van der Waals surface area contributed by atoms with Gasteiger partial charge in [0, 0.05) is 35.5 Å². The number of nitrogens with one attached hydrogen (secondary N) is 3.